The summed E-state index contributed by atoms with van der Waals surface area (Å²) in [6.07, 6.45) is -3.21. The predicted molar refractivity (Wildman–Crippen MR) is 138 cm³/mol. The van der Waals surface area contributed by atoms with Gasteiger partial charge in [0.05, 0.1) is 48.9 Å². The summed E-state index contributed by atoms with van der Waals surface area (Å²) in [5.41, 5.74) is -0.909. The van der Waals surface area contributed by atoms with Crippen molar-refractivity contribution in [3.63, 3.8) is 0 Å². The third-order valence-corrected chi connectivity index (χ3v) is 6.99. The molecule has 15 nitrogen and oxygen atoms in total. The fourth-order valence-electron chi connectivity index (χ4n) is 3.97. The van der Waals surface area contributed by atoms with E-state index in [9.17, 15) is 24.5 Å². The molecule has 1 aliphatic heterocycles. The van der Waals surface area contributed by atoms with Crippen molar-refractivity contribution in [2.75, 3.05) is 26.5 Å². The second-order valence-corrected chi connectivity index (χ2v) is 9.99. The zero-order valence-electron chi connectivity index (χ0n) is 22.7. The second kappa shape index (κ2) is 14.6. The Bertz CT molecular complexity index is 1360. The summed E-state index contributed by atoms with van der Waals surface area (Å²) in [6.45, 7) is 2.77. The van der Waals surface area contributed by atoms with Gasteiger partial charge in [-0.25, -0.2) is 9.59 Å². The molecule has 16 heteroatoms. The Morgan fingerprint density at radius 2 is 2.20 bits per heavy atom. The van der Waals surface area contributed by atoms with Crippen molar-refractivity contribution in [2.45, 2.75) is 50.7 Å². The number of para-hydroxylation sites is 1. The van der Waals surface area contributed by atoms with Gasteiger partial charge in [0, 0.05) is 37.3 Å². The molecule has 1 saturated heterocycles. The number of carbonyl (C=O) groups is 1. The Balaban J connectivity index is 1.65. The van der Waals surface area contributed by atoms with Crippen LogP contribution in [0.5, 0.6) is 0 Å². The molecule has 2 aromatic rings. The van der Waals surface area contributed by atoms with Crippen LogP contribution in [0.4, 0.5) is 10.5 Å². The number of ether oxygens (including phenoxy) is 3. The molecular weight excluding hydrogens is 551 g/mol. The molecule has 3 unspecified atom stereocenters. The highest BCUT2D eigenvalue weighted by molar-refractivity contribution is 7.46. The fourth-order valence-corrected chi connectivity index (χ4v) is 4.96. The zero-order chi connectivity index (χ0) is 29.9. The number of nitriles is 1. The summed E-state index contributed by atoms with van der Waals surface area (Å²) >= 11 is 0. The molecule has 1 aliphatic rings. The van der Waals surface area contributed by atoms with Gasteiger partial charge in [0.1, 0.15) is 18.4 Å². The average molecular weight is 581 g/mol. The van der Waals surface area contributed by atoms with Crippen molar-refractivity contribution in [2.24, 2.45) is 0 Å². The molecule has 0 radical (unpaired) electrons. The molecule has 2 N–H and O–H groups in total. The largest absolute Gasteiger partial charge is 0.508 e. The van der Waals surface area contributed by atoms with Crippen LogP contribution >= 0.6 is 8.38 Å². The lowest BCUT2D eigenvalue weighted by Crippen LogP contribution is -2.33. The maximum atomic E-state index is 12.5. The number of hydrogen-bond donors (Lipinski definition) is 2. The summed E-state index contributed by atoms with van der Waals surface area (Å²) in [7, 11) is -1.52. The van der Waals surface area contributed by atoms with Crippen molar-refractivity contribution >= 4 is 20.2 Å². The van der Waals surface area contributed by atoms with Crippen LogP contribution < -0.4 is 11.2 Å². The van der Waals surface area contributed by atoms with Gasteiger partial charge < -0.3 is 28.4 Å². The summed E-state index contributed by atoms with van der Waals surface area (Å²) in [6, 6.07) is 7.94. The lowest BCUT2D eigenvalue weighted by molar-refractivity contribution is -0.386. The first-order chi connectivity index (χ1) is 19.6. The van der Waals surface area contributed by atoms with E-state index in [1.165, 1.54) is 31.3 Å². The Morgan fingerprint density at radius 3 is 2.92 bits per heavy atom. The molecule has 5 atom stereocenters. The number of aliphatic hydroxyl groups excluding tert-OH is 1. The molecular formula is C24H29N4O11P. The van der Waals surface area contributed by atoms with Gasteiger partial charge in [-0.3, -0.25) is 24.5 Å². The molecule has 40 heavy (non-hydrogen) atoms. The van der Waals surface area contributed by atoms with E-state index in [0.717, 1.165) is 4.57 Å². The smallest absolute Gasteiger partial charge is 0.434 e. The summed E-state index contributed by atoms with van der Waals surface area (Å²) in [4.78, 5) is 49.7. The Hall–Kier alpha value is -3.67. The van der Waals surface area contributed by atoms with Crippen LogP contribution in [-0.2, 0) is 23.3 Å². The van der Waals surface area contributed by atoms with Crippen LogP contribution in [0.15, 0.2) is 40.1 Å². The summed E-state index contributed by atoms with van der Waals surface area (Å²) in [5.74, 6) is 0. The molecule has 2 heterocycles. The number of nitro groups is 1. The molecule has 0 spiro atoms. The molecule has 0 amide bonds. The Morgan fingerprint density at radius 1 is 1.43 bits per heavy atom. The first-order valence-corrected chi connectivity index (χ1v) is 13.8. The van der Waals surface area contributed by atoms with E-state index in [0.29, 0.717) is 0 Å². The van der Waals surface area contributed by atoms with Crippen LogP contribution in [0.1, 0.15) is 42.7 Å². The molecule has 0 bridgehead atoms. The van der Waals surface area contributed by atoms with Gasteiger partial charge in [0.25, 0.3) is 11.2 Å². The number of rotatable bonds is 14. The maximum absolute atomic E-state index is 12.5. The lowest BCUT2D eigenvalue weighted by Gasteiger charge is -2.22. The number of aryl methyl sites for hydroxylation is 1. The van der Waals surface area contributed by atoms with Crippen molar-refractivity contribution < 1.29 is 38.1 Å². The monoisotopic (exact) mass is 581 g/mol. The molecule has 1 fully saturated rings. The van der Waals surface area contributed by atoms with E-state index in [1.807, 2.05) is 6.07 Å². The van der Waals surface area contributed by atoms with E-state index in [4.69, 9.17) is 30.0 Å². The van der Waals surface area contributed by atoms with E-state index in [1.54, 1.807) is 12.7 Å². The van der Waals surface area contributed by atoms with Gasteiger partial charge in [-0.15, -0.1) is 0 Å². The summed E-state index contributed by atoms with van der Waals surface area (Å²) < 4.78 is 35.9. The Labute approximate surface area is 230 Å². The number of H-pyrrole nitrogens is 1. The second-order valence-electron chi connectivity index (χ2n) is 8.64. The predicted octanol–water partition coefficient (Wildman–Crippen LogP) is 2.57. The molecule has 1 aromatic heterocycles. The highest BCUT2D eigenvalue weighted by Gasteiger charge is 2.39. The third kappa shape index (κ3) is 8.17. The van der Waals surface area contributed by atoms with Crippen molar-refractivity contribution in [3.05, 3.63) is 72.5 Å². The first-order valence-electron chi connectivity index (χ1n) is 12.6. The number of nitrogens with zero attached hydrogens (tertiary/aromatic N) is 3. The zero-order valence-corrected chi connectivity index (χ0v) is 22.6. The molecule has 1 aromatic carbocycles. The maximum Gasteiger partial charge on any atom is 0.508 e. The first kappa shape index (κ1) is 29.3. The number of aromatic nitrogens is 2. The SMILES string of the molecule is [2H]OC[C@H]1O[C@@H](n2cc(C)c(=O)[nH]c2=O)CC1OC(=O)OCCC(OP(C)OCCC#N)c1ccccc1[N+](=O)[O-]. The van der Waals surface area contributed by atoms with Crippen molar-refractivity contribution in [3.8, 4) is 6.07 Å². The lowest BCUT2D eigenvalue weighted by atomic mass is 10.1. The minimum atomic E-state index is -1.52. The topological polar surface area (TPSA) is 205 Å². The van der Waals surface area contributed by atoms with Gasteiger partial charge in [0.15, 0.2) is 8.38 Å². The van der Waals surface area contributed by atoms with Gasteiger partial charge in [0.2, 0.25) is 1.43 Å². The van der Waals surface area contributed by atoms with E-state index >= 15 is 0 Å². The van der Waals surface area contributed by atoms with Crippen LogP contribution in [0.25, 0.3) is 0 Å². The number of nitro benzene ring substituents is 1. The number of hydrogen-bond acceptors (Lipinski definition) is 12. The average Bonchev–Trinajstić information content (AvgIpc) is 3.32. The van der Waals surface area contributed by atoms with Gasteiger partial charge in [-0.2, -0.15) is 5.26 Å². The van der Waals surface area contributed by atoms with E-state index in [-0.39, 0.29) is 55.9 Å². The van der Waals surface area contributed by atoms with Crippen molar-refractivity contribution in [1.29, 1.82) is 6.69 Å². The van der Waals surface area contributed by atoms with Crippen LogP contribution in [0, 0.1) is 28.4 Å². The molecule has 0 aliphatic carbocycles. The number of aromatic amines is 1. The molecule has 0 saturated carbocycles. The van der Waals surface area contributed by atoms with Crippen LogP contribution in [-0.4, -0.2) is 65.9 Å². The van der Waals surface area contributed by atoms with Gasteiger partial charge in [-0.1, -0.05) is 12.1 Å². The molecule has 216 valence electrons. The molecule has 3 rings (SSSR count). The standard InChI is InChI=1S/C24H29N4O11P/c1-15-13-27(23(31)26-22(15)30)21-12-19(20(14-29)37-21)38-24(32)35-11-8-18(39-40(2)36-10-5-9-25)16-6-3-4-7-17(16)28(33)34/h3-4,6-7,13,18-21,29H,5,8,10-12,14H2,1-2H3,(H,26,30,31)/t18?,19?,20-,21-,40?/m1/s1/i29D. The minimum absolute atomic E-state index is 0.0105. The third-order valence-electron chi connectivity index (χ3n) is 5.89. The van der Waals surface area contributed by atoms with E-state index < -0.39 is 55.2 Å². The summed E-state index contributed by atoms with van der Waals surface area (Å²) in [5, 5.41) is 24.7. The number of nitrogens with one attached hydrogen (secondary N) is 1. The normalized spacial score (nSPS) is 20.2. The Kier molecular flexibility index (Phi) is 10.7. The fraction of sp³-hybridized carbons (Fsp3) is 0.500. The minimum Gasteiger partial charge on any atom is -0.434 e. The van der Waals surface area contributed by atoms with Crippen molar-refractivity contribution in [1.82, 2.24) is 9.55 Å². The van der Waals surface area contributed by atoms with Gasteiger partial charge in [-0.05, 0) is 13.0 Å². The van der Waals surface area contributed by atoms with Crippen LogP contribution in [0.2, 0.25) is 0 Å². The highest BCUT2D eigenvalue weighted by Crippen LogP contribution is 2.43. The quantitative estimate of drug-likeness (QED) is 0.109. The number of carbonyl (C=O) groups excluding carboxylic acids is 1. The highest BCUT2D eigenvalue weighted by atomic mass is 31.2. The van der Waals surface area contributed by atoms with Gasteiger partial charge >= 0.3 is 11.8 Å². The van der Waals surface area contributed by atoms with E-state index in [2.05, 4.69) is 10.1 Å². The van der Waals surface area contributed by atoms with Crippen LogP contribution in [0.3, 0.4) is 0 Å². The number of benzene rings is 1. The number of aliphatic hydroxyl groups is 1.